The minimum absolute atomic E-state index is 0.649. The molecule has 3 heterocycles. The van der Waals surface area contributed by atoms with E-state index < -0.39 is 0 Å². The summed E-state index contributed by atoms with van der Waals surface area (Å²) in [7, 11) is 0. The Morgan fingerprint density at radius 1 is 1.38 bits per heavy atom. The molecular weight excluding hydrogens is 220 g/mol. The fraction of sp³-hybridized carbons (Fsp3) is 0. The van der Waals surface area contributed by atoms with Crippen LogP contribution in [0.4, 0.5) is 0 Å². The number of pyridine rings is 1. The molecule has 0 aliphatic rings. The summed E-state index contributed by atoms with van der Waals surface area (Å²) in [6.07, 6.45) is 4.65. The van der Waals surface area contributed by atoms with E-state index in [0.717, 1.165) is 22.5 Å². The lowest BCUT2D eigenvalue weighted by Crippen LogP contribution is -1.85. The summed E-state index contributed by atoms with van der Waals surface area (Å²) in [6.45, 7) is 0. The molecule has 0 atom stereocenters. The highest BCUT2D eigenvalue weighted by Gasteiger charge is 2.05. The first-order valence-electron chi connectivity index (χ1n) is 4.84. The predicted octanol–water partition coefficient (Wildman–Crippen LogP) is 2.88. The standard InChI is InChI=1S/C12H8N2OS/c15-8-9-3-4-14-7-10(13-12(14)6-9)11-2-1-5-16-11/h1-8H. The van der Waals surface area contributed by atoms with Crippen molar-refractivity contribution in [2.45, 2.75) is 0 Å². The largest absolute Gasteiger partial charge is 0.306 e. The van der Waals surface area contributed by atoms with Gasteiger partial charge in [0.25, 0.3) is 0 Å². The van der Waals surface area contributed by atoms with Gasteiger partial charge in [-0.15, -0.1) is 11.3 Å². The van der Waals surface area contributed by atoms with Crippen LogP contribution in [0.15, 0.2) is 42.0 Å². The van der Waals surface area contributed by atoms with E-state index in [2.05, 4.69) is 4.98 Å². The highest BCUT2D eigenvalue weighted by molar-refractivity contribution is 7.13. The number of fused-ring (bicyclic) bond motifs is 1. The zero-order chi connectivity index (χ0) is 11.0. The third kappa shape index (κ3) is 1.44. The summed E-state index contributed by atoms with van der Waals surface area (Å²) < 4.78 is 1.92. The zero-order valence-corrected chi connectivity index (χ0v) is 9.15. The second-order valence-corrected chi connectivity index (χ2v) is 4.39. The number of hydrogen-bond acceptors (Lipinski definition) is 3. The minimum Gasteiger partial charge on any atom is -0.306 e. The number of imidazole rings is 1. The van der Waals surface area contributed by atoms with Gasteiger partial charge in [-0.05, 0) is 23.6 Å². The van der Waals surface area contributed by atoms with Crippen molar-refractivity contribution in [3.05, 3.63) is 47.6 Å². The molecule has 3 aromatic rings. The van der Waals surface area contributed by atoms with E-state index in [1.165, 1.54) is 0 Å². The molecular formula is C12H8N2OS. The molecule has 0 N–H and O–H groups in total. The van der Waals surface area contributed by atoms with Gasteiger partial charge in [-0.2, -0.15) is 0 Å². The van der Waals surface area contributed by atoms with Crippen LogP contribution in [0, 0.1) is 0 Å². The van der Waals surface area contributed by atoms with Gasteiger partial charge in [0.15, 0.2) is 0 Å². The zero-order valence-electron chi connectivity index (χ0n) is 8.33. The summed E-state index contributed by atoms with van der Waals surface area (Å²) in [4.78, 5) is 16.3. The van der Waals surface area contributed by atoms with Crippen LogP contribution in [-0.2, 0) is 0 Å². The predicted molar refractivity (Wildman–Crippen MR) is 63.9 cm³/mol. The van der Waals surface area contributed by atoms with Gasteiger partial charge >= 0.3 is 0 Å². The Labute approximate surface area is 96.0 Å². The van der Waals surface area contributed by atoms with E-state index in [9.17, 15) is 4.79 Å². The highest BCUT2D eigenvalue weighted by atomic mass is 32.1. The third-order valence-electron chi connectivity index (χ3n) is 2.39. The molecule has 0 bridgehead atoms. The summed E-state index contributed by atoms with van der Waals surface area (Å²) in [6, 6.07) is 7.60. The van der Waals surface area contributed by atoms with Crippen LogP contribution < -0.4 is 0 Å². The summed E-state index contributed by atoms with van der Waals surface area (Å²) in [5.41, 5.74) is 2.39. The van der Waals surface area contributed by atoms with Crippen molar-refractivity contribution in [2.24, 2.45) is 0 Å². The van der Waals surface area contributed by atoms with Crippen LogP contribution in [0.5, 0.6) is 0 Å². The van der Waals surface area contributed by atoms with E-state index >= 15 is 0 Å². The molecule has 0 saturated carbocycles. The normalized spacial score (nSPS) is 10.8. The molecule has 0 aromatic carbocycles. The Morgan fingerprint density at radius 2 is 2.31 bits per heavy atom. The smallest absolute Gasteiger partial charge is 0.150 e. The van der Waals surface area contributed by atoms with Gasteiger partial charge in [0.2, 0.25) is 0 Å². The van der Waals surface area contributed by atoms with Crippen LogP contribution in [0.25, 0.3) is 16.2 Å². The average molecular weight is 228 g/mol. The molecule has 0 fully saturated rings. The van der Waals surface area contributed by atoms with Gasteiger partial charge < -0.3 is 4.40 Å². The molecule has 3 nitrogen and oxygen atoms in total. The van der Waals surface area contributed by atoms with Crippen molar-refractivity contribution < 1.29 is 4.79 Å². The number of rotatable bonds is 2. The molecule has 78 valence electrons. The number of aromatic nitrogens is 2. The second kappa shape index (κ2) is 3.57. The first-order valence-corrected chi connectivity index (χ1v) is 5.72. The molecule has 0 radical (unpaired) electrons. The fourth-order valence-corrected chi connectivity index (χ4v) is 2.29. The lowest BCUT2D eigenvalue weighted by molar-refractivity contribution is 0.112. The van der Waals surface area contributed by atoms with Crippen molar-refractivity contribution in [3.8, 4) is 10.6 Å². The Kier molecular flexibility index (Phi) is 2.08. The van der Waals surface area contributed by atoms with Gasteiger partial charge in [0.05, 0.1) is 10.6 Å². The van der Waals surface area contributed by atoms with Gasteiger partial charge in [0, 0.05) is 18.0 Å². The van der Waals surface area contributed by atoms with Crippen molar-refractivity contribution in [1.29, 1.82) is 0 Å². The number of carbonyl (C=O) groups excluding carboxylic acids is 1. The van der Waals surface area contributed by atoms with Crippen LogP contribution >= 0.6 is 11.3 Å². The van der Waals surface area contributed by atoms with Crippen LogP contribution in [-0.4, -0.2) is 15.7 Å². The van der Waals surface area contributed by atoms with E-state index in [4.69, 9.17) is 0 Å². The first kappa shape index (κ1) is 9.30. The van der Waals surface area contributed by atoms with E-state index in [0.29, 0.717) is 5.56 Å². The minimum atomic E-state index is 0.649. The van der Waals surface area contributed by atoms with Gasteiger partial charge in [-0.25, -0.2) is 4.98 Å². The van der Waals surface area contributed by atoms with Gasteiger partial charge in [-0.3, -0.25) is 4.79 Å². The molecule has 0 aliphatic heterocycles. The molecule has 4 heteroatoms. The maximum absolute atomic E-state index is 10.7. The lowest BCUT2D eigenvalue weighted by Gasteiger charge is -1.91. The number of carbonyl (C=O) groups is 1. The number of aldehydes is 1. The highest BCUT2D eigenvalue weighted by Crippen LogP contribution is 2.23. The summed E-state index contributed by atoms with van der Waals surface area (Å²) >= 11 is 1.66. The molecule has 0 spiro atoms. The second-order valence-electron chi connectivity index (χ2n) is 3.45. The van der Waals surface area contributed by atoms with Crippen LogP contribution in [0.3, 0.4) is 0 Å². The van der Waals surface area contributed by atoms with Crippen LogP contribution in [0.2, 0.25) is 0 Å². The van der Waals surface area contributed by atoms with Gasteiger partial charge in [0.1, 0.15) is 11.9 Å². The Morgan fingerprint density at radius 3 is 3.06 bits per heavy atom. The van der Waals surface area contributed by atoms with Crippen molar-refractivity contribution >= 4 is 23.3 Å². The maximum Gasteiger partial charge on any atom is 0.150 e. The number of hydrogen-bond donors (Lipinski definition) is 0. The SMILES string of the molecule is O=Cc1ccn2cc(-c3cccs3)nc2c1. The number of nitrogens with zero attached hydrogens (tertiary/aromatic N) is 2. The molecule has 0 aliphatic carbocycles. The van der Waals surface area contributed by atoms with Crippen molar-refractivity contribution in [2.75, 3.05) is 0 Å². The summed E-state index contributed by atoms with van der Waals surface area (Å²) in [5, 5.41) is 2.02. The third-order valence-corrected chi connectivity index (χ3v) is 3.29. The quantitative estimate of drug-likeness (QED) is 0.632. The van der Waals surface area contributed by atoms with Crippen LogP contribution in [0.1, 0.15) is 10.4 Å². The molecule has 3 aromatic heterocycles. The van der Waals surface area contributed by atoms with Crippen molar-refractivity contribution in [1.82, 2.24) is 9.38 Å². The molecule has 0 unspecified atom stereocenters. The van der Waals surface area contributed by atoms with E-state index in [-0.39, 0.29) is 0 Å². The lowest BCUT2D eigenvalue weighted by atomic mass is 10.3. The Bertz CT molecular complexity index is 640. The Balaban J connectivity index is 2.19. The van der Waals surface area contributed by atoms with Gasteiger partial charge in [-0.1, -0.05) is 6.07 Å². The monoisotopic (exact) mass is 228 g/mol. The first-order chi connectivity index (χ1) is 7.86. The molecule has 0 saturated heterocycles. The average Bonchev–Trinajstić information content (AvgIpc) is 2.96. The number of thiophene rings is 1. The van der Waals surface area contributed by atoms with Crippen molar-refractivity contribution in [3.63, 3.8) is 0 Å². The molecule has 16 heavy (non-hydrogen) atoms. The topological polar surface area (TPSA) is 34.4 Å². The fourth-order valence-electron chi connectivity index (χ4n) is 1.61. The summed E-state index contributed by atoms with van der Waals surface area (Å²) in [5.74, 6) is 0. The Hall–Kier alpha value is -1.94. The maximum atomic E-state index is 10.7. The van der Waals surface area contributed by atoms with E-state index in [1.54, 1.807) is 23.5 Å². The van der Waals surface area contributed by atoms with E-state index in [1.807, 2.05) is 34.3 Å². The molecule has 3 rings (SSSR count). The molecule has 0 amide bonds.